The fraction of sp³-hybridized carbons (Fsp3) is 0.935. The molecule has 0 aromatic rings. The standard InChI is InChI=1S/C62H120O17P2/c1-5-9-13-17-21-25-27-29-31-33-37-41-45-49-62(67)79-58(53-73-60(65)47-43-39-36-32-30-28-26-22-18-14-10-6-2)55-77-81(70,71)75-51-56(63)50-74-80(68,69)76-54-57(78-61(66)48-44-40-35-24-20-16-12-8-4)52-72-59(64)46-42-38-34-23-19-15-11-7-3/h56-58,63H,5-55H2,1-4H3,(H,68,69)(H,70,71)/t56-,57+,58+/m0/s1. The molecule has 0 heterocycles. The summed E-state index contributed by atoms with van der Waals surface area (Å²) >= 11 is 0. The van der Waals surface area contributed by atoms with E-state index in [1.54, 1.807) is 0 Å². The first-order valence-electron chi connectivity index (χ1n) is 32.8. The van der Waals surface area contributed by atoms with Crippen LogP contribution < -0.4 is 0 Å². The van der Waals surface area contributed by atoms with Crippen LogP contribution in [0, 0.1) is 0 Å². The van der Waals surface area contributed by atoms with Crippen LogP contribution in [-0.2, 0) is 65.4 Å². The number of rotatable bonds is 63. The first-order chi connectivity index (χ1) is 39.2. The van der Waals surface area contributed by atoms with E-state index >= 15 is 0 Å². The van der Waals surface area contributed by atoms with Crippen LogP contribution in [0.5, 0.6) is 0 Å². The minimum atomic E-state index is -4.94. The highest BCUT2D eigenvalue weighted by Crippen LogP contribution is 2.45. The largest absolute Gasteiger partial charge is 0.472 e. The summed E-state index contributed by atoms with van der Waals surface area (Å²) < 4.78 is 67.8. The predicted octanol–water partition coefficient (Wildman–Crippen LogP) is 17.2. The molecular formula is C62H120O17P2. The van der Waals surface area contributed by atoms with E-state index in [1.165, 1.54) is 135 Å². The number of hydrogen-bond donors (Lipinski definition) is 3. The molecule has 0 spiro atoms. The van der Waals surface area contributed by atoms with Gasteiger partial charge in [-0.2, -0.15) is 0 Å². The molecule has 480 valence electrons. The number of carbonyl (C=O) groups is 4. The van der Waals surface area contributed by atoms with E-state index < -0.39 is 97.5 Å². The Bertz CT molecular complexity index is 1570. The van der Waals surface area contributed by atoms with Crippen molar-refractivity contribution in [2.75, 3.05) is 39.6 Å². The van der Waals surface area contributed by atoms with E-state index in [1.807, 2.05) is 0 Å². The van der Waals surface area contributed by atoms with Crippen molar-refractivity contribution in [2.24, 2.45) is 0 Å². The first kappa shape index (κ1) is 79.1. The maximum atomic E-state index is 13.0. The Hall–Kier alpha value is -1.94. The van der Waals surface area contributed by atoms with Gasteiger partial charge in [-0.1, -0.05) is 265 Å². The van der Waals surface area contributed by atoms with Crippen molar-refractivity contribution in [3.8, 4) is 0 Å². The van der Waals surface area contributed by atoms with Gasteiger partial charge in [-0.25, -0.2) is 9.13 Å². The Morgan fingerprint density at radius 1 is 0.296 bits per heavy atom. The SMILES string of the molecule is CCCCCCCCCCCCCCCC(=O)O[C@H](COC(=O)CCCCCCCCCCCCCC)COP(=O)(O)OC[C@@H](O)COP(=O)(O)OC[C@@H](COC(=O)CCCCCCCCCC)OC(=O)CCCCCCCCCC. The number of phosphoric acid groups is 2. The van der Waals surface area contributed by atoms with Crippen LogP contribution in [0.15, 0.2) is 0 Å². The summed E-state index contributed by atoms with van der Waals surface area (Å²) in [5, 5.41) is 10.5. The minimum Gasteiger partial charge on any atom is -0.462 e. The maximum Gasteiger partial charge on any atom is 0.472 e. The number of unbranched alkanes of at least 4 members (excludes halogenated alkanes) is 37. The normalized spacial score (nSPS) is 14.2. The lowest BCUT2D eigenvalue weighted by molar-refractivity contribution is -0.161. The Morgan fingerprint density at radius 3 is 0.728 bits per heavy atom. The highest BCUT2D eigenvalue weighted by atomic mass is 31.2. The van der Waals surface area contributed by atoms with Gasteiger partial charge in [-0.05, 0) is 25.7 Å². The Morgan fingerprint density at radius 2 is 0.494 bits per heavy atom. The van der Waals surface area contributed by atoms with Crippen molar-refractivity contribution < 1.29 is 80.2 Å². The lowest BCUT2D eigenvalue weighted by Gasteiger charge is -2.21. The summed E-state index contributed by atoms with van der Waals surface area (Å²) in [5.41, 5.74) is 0. The Kier molecular flexibility index (Phi) is 55.8. The molecule has 0 rings (SSSR count). The third-order valence-electron chi connectivity index (χ3n) is 14.4. The van der Waals surface area contributed by atoms with Gasteiger partial charge in [0.15, 0.2) is 12.2 Å². The molecule has 0 aromatic heterocycles. The lowest BCUT2D eigenvalue weighted by atomic mass is 10.0. The molecule has 2 unspecified atom stereocenters. The molecular weight excluding hydrogens is 1080 g/mol. The highest BCUT2D eigenvalue weighted by molar-refractivity contribution is 7.47. The number of phosphoric ester groups is 2. The van der Waals surface area contributed by atoms with E-state index in [4.69, 9.17) is 37.0 Å². The summed E-state index contributed by atoms with van der Waals surface area (Å²) in [5.74, 6) is -2.14. The van der Waals surface area contributed by atoms with Crippen molar-refractivity contribution in [3.63, 3.8) is 0 Å². The van der Waals surface area contributed by atoms with Gasteiger partial charge in [0, 0.05) is 25.7 Å². The van der Waals surface area contributed by atoms with Crippen molar-refractivity contribution in [2.45, 2.75) is 335 Å². The molecule has 0 fully saturated rings. The molecule has 0 radical (unpaired) electrons. The number of ether oxygens (including phenoxy) is 4. The van der Waals surface area contributed by atoms with Gasteiger partial charge in [-0.15, -0.1) is 0 Å². The van der Waals surface area contributed by atoms with Crippen LogP contribution >= 0.6 is 15.6 Å². The van der Waals surface area contributed by atoms with E-state index in [0.717, 1.165) is 103 Å². The molecule has 0 aliphatic carbocycles. The topological polar surface area (TPSA) is 237 Å². The fourth-order valence-corrected chi connectivity index (χ4v) is 10.9. The van der Waals surface area contributed by atoms with Crippen LogP contribution in [-0.4, -0.2) is 96.7 Å². The van der Waals surface area contributed by atoms with E-state index in [9.17, 15) is 43.2 Å². The molecule has 19 heteroatoms. The fourth-order valence-electron chi connectivity index (χ4n) is 9.28. The van der Waals surface area contributed by atoms with Gasteiger partial charge in [-0.3, -0.25) is 37.3 Å². The molecule has 0 aromatic carbocycles. The average Bonchev–Trinajstić information content (AvgIpc) is 3.44. The molecule has 0 aliphatic heterocycles. The average molecular weight is 1200 g/mol. The third kappa shape index (κ3) is 56.9. The van der Waals surface area contributed by atoms with Crippen LogP contribution in [0.25, 0.3) is 0 Å². The van der Waals surface area contributed by atoms with Gasteiger partial charge in [0.25, 0.3) is 0 Å². The second kappa shape index (κ2) is 57.2. The summed E-state index contributed by atoms with van der Waals surface area (Å²) in [6.07, 6.45) is 41.7. The first-order valence-corrected chi connectivity index (χ1v) is 35.8. The van der Waals surface area contributed by atoms with Crippen molar-refractivity contribution in [1.29, 1.82) is 0 Å². The monoisotopic (exact) mass is 1200 g/mol. The lowest BCUT2D eigenvalue weighted by Crippen LogP contribution is -2.30. The summed E-state index contributed by atoms with van der Waals surface area (Å²) in [4.78, 5) is 72.0. The molecule has 5 atom stereocenters. The maximum absolute atomic E-state index is 13.0. The predicted molar refractivity (Wildman–Crippen MR) is 322 cm³/mol. The van der Waals surface area contributed by atoms with Crippen LogP contribution in [0.4, 0.5) is 0 Å². The minimum absolute atomic E-state index is 0.105. The molecule has 81 heavy (non-hydrogen) atoms. The van der Waals surface area contributed by atoms with Crippen molar-refractivity contribution in [3.05, 3.63) is 0 Å². The zero-order valence-corrected chi connectivity index (χ0v) is 53.5. The number of aliphatic hydroxyl groups is 1. The highest BCUT2D eigenvalue weighted by Gasteiger charge is 2.30. The van der Waals surface area contributed by atoms with Crippen molar-refractivity contribution in [1.82, 2.24) is 0 Å². The van der Waals surface area contributed by atoms with E-state index in [0.29, 0.717) is 25.7 Å². The van der Waals surface area contributed by atoms with E-state index in [-0.39, 0.29) is 25.7 Å². The van der Waals surface area contributed by atoms with E-state index in [2.05, 4.69) is 27.7 Å². The summed E-state index contributed by atoms with van der Waals surface area (Å²) in [7, 11) is -9.87. The van der Waals surface area contributed by atoms with Crippen LogP contribution in [0.3, 0.4) is 0 Å². The van der Waals surface area contributed by atoms with Gasteiger partial charge in [0.05, 0.1) is 26.4 Å². The summed E-state index contributed by atoms with van der Waals surface area (Å²) in [6, 6.07) is 0. The Balaban J connectivity index is 5.20. The number of esters is 4. The Labute approximate surface area is 492 Å². The van der Waals surface area contributed by atoms with Gasteiger partial charge in [0.1, 0.15) is 19.3 Å². The molecule has 3 N–H and O–H groups in total. The third-order valence-corrected chi connectivity index (χ3v) is 16.3. The summed E-state index contributed by atoms with van der Waals surface area (Å²) in [6.45, 7) is 4.83. The molecule has 0 aliphatic rings. The molecule has 17 nitrogen and oxygen atoms in total. The van der Waals surface area contributed by atoms with Crippen LogP contribution in [0.1, 0.15) is 317 Å². The van der Waals surface area contributed by atoms with Gasteiger partial charge < -0.3 is 33.8 Å². The number of carbonyl (C=O) groups excluding carboxylic acids is 4. The number of hydrogen-bond acceptors (Lipinski definition) is 15. The molecule has 0 bridgehead atoms. The smallest absolute Gasteiger partial charge is 0.462 e. The number of aliphatic hydroxyl groups excluding tert-OH is 1. The molecule has 0 saturated heterocycles. The second-order valence-electron chi connectivity index (χ2n) is 22.4. The molecule has 0 amide bonds. The van der Waals surface area contributed by atoms with Gasteiger partial charge in [0.2, 0.25) is 0 Å². The van der Waals surface area contributed by atoms with Gasteiger partial charge >= 0.3 is 39.5 Å². The zero-order valence-electron chi connectivity index (χ0n) is 51.7. The zero-order chi connectivity index (χ0) is 59.8. The van der Waals surface area contributed by atoms with Crippen LogP contribution in [0.2, 0.25) is 0 Å². The quantitative estimate of drug-likeness (QED) is 0.0222. The molecule has 0 saturated carbocycles. The van der Waals surface area contributed by atoms with Crippen molar-refractivity contribution >= 4 is 39.5 Å². The second-order valence-corrected chi connectivity index (χ2v) is 25.4.